The van der Waals surface area contributed by atoms with E-state index in [0.717, 1.165) is 67.6 Å². The lowest BCUT2D eigenvalue weighted by Gasteiger charge is -2.36. The topological polar surface area (TPSA) is 67.3 Å². The van der Waals surface area contributed by atoms with Crippen LogP contribution in [0.3, 0.4) is 0 Å². The molecular formula is C22H32N6O. The van der Waals surface area contributed by atoms with Gasteiger partial charge in [-0.25, -0.2) is 19.9 Å². The van der Waals surface area contributed by atoms with Gasteiger partial charge in [0.2, 0.25) is 0 Å². The van der Waals surface area contributed by atoms with Gasteiger partial charge < -0.3 is 9.64 Å². The van der Waals surface area contributed by atoms with Crippen LogP contribution in [0.2, 0.25) is 0 Å². The molecule has 0 spiro atoms. The molecule has 29 heavy (non-hydrogen) atoms. The van der Waals surface area contributed by atoms with E-state index in [0.29, 0.717) is 6.61 Å². The third-order valence-electron chi connectivity index (χ3n) is 6.08. The molecule has 0 aliphatic carbocycles. The molecule has 1 saturated heterocycles. The van der Waals surface area contributed by atoms with Crippen LogP contribution in [0.5, 0.6) is 0 Å². The highest BCUT2D eigenvalue weighted by molar-refractivity contribution is 5.50. The molecule has 2 aromatic heterocycles. The number of piperidine rings is 1. The predicted octanol–water partition coefficient (Wildman–Crippen LogP) is 2.87. The van der Waals surface area contributed by atoms with Gasteiger partial charge in [0, 0.05) is 62.9 Å². The van der Waals surface area contributed by atoms with Crippen molar-refractivity contribution >= 4 is 5.82 Å². The summed E-state index contributed by atoms with van der Waals surface area (Å²) >= 11 is 0. The highest BCUT2D eigenvalue weighted by atomic mass is 16.5. The number of hydrogen-bond donors (Lipinski definition) is 0. The Morgan fingerprint density at radius 2 is 1.93 bits per heavy atom. The van der Waals surface area contributed by atoms with Crippen LogP contribution in [0.1, 0.15) is 60.2 Å². The van der Waals surface area contributed by atoms with Crippen molar-refractivity contribution in [2.45, 2.75) is 58.0 Å². The Morgan fingerprint density at radius 3 is 2.72 bits per heavy atom. The van der Waals surface area contributed by atoms with Crippen LogP contribution in [0, 0.1) is 6.92 Å². The molecule has 156 valence electrons. The van der Waals surface area contributed by atoms with E-state index in [4.69, 9.17) is 14.7 Å². The highest BCUT2D eigenvalue weighted by Crippen LogP contribution is 2.33. The molecule has 7 heteroatoms. The van der Waals surface area contributed by atoms with E-state index >= 15 is 0 Å². The van der Waals surface area contributed by atoms with E-state index in [1.54, 1.807) is 7.11 Å². The Labute approximate surface area is 173 Å². The number of nitrogens with zero attached hydrogens (tertiary/aromatic N) is 6. The molecule has 0 saturated carbocycles. The summed E-state index contributed by atoms with van der Waals surface area (Å²) in [5.74, 6) is 2.95. The molecule has 0 bridgehead atoms. The molecule has 4 heterocycles. The number of methoxy groups -OCH3 is 1. The van der Waals surface area contributed by atoms with Crippen molar-refractivity contribution < 1.29 is 4.74 Å². The van der Waals surface area contributed by atoms with E-state index in [-0.39, 0.29) is 6.04 Å². The first kappa shape index (κ1) is 20.2. The van der Waals surface area contributed by atoms with Gasteiger partial charge in [-0.05, 0) is 39.2 Å². The van der Waals surface area contributed by atoms with Crippen LogP contribution >= 0.6 is 0 Å². The zero-order chi connectivity index (χ0) is 20.2. The van der Waals surface area contributed by atoms with Crippen molar-refractivity contribution in [1.29, 1.82) is 0 Å². The third kappa shape index (κ3) is 4.56. The molecule has 4 rings (SSSR count). The minimum Gasteiger partial charge on any atom is -0.384 e. The van der Waals surface area contributed by atoms with Crippen LogP contribution in [0.4, 0.5) is 5.82 Å². The number of hydrogen-bond acceptors (Lipinski definition) is 7. The van der Waals surface area contributed by atoms with E-state index in [1.165, 1.54) is 24.8 Å². The van der Waals surface area contributed by atoms with E-state index in [1.807, 2.05) is 12.4 Å². The summed E-state index contributed by atoms with van der Waals surface area (Å²) in [4.78, 5) is 23.8. The van der Waals surface area contributed by atoms with Gasteiger partial charge in [0.05, 0.1) is 12.6 Å². The maximum atomic E-state index is 5.11. The molecule has 2 aliphatic heterocycles. The van der Waals surface area contributed by atoms with Gasteiger partial charge in [-0.2, -0.15) is 0 Å². The summed E-state index contributed by atoms with van der Waals surface area (Å²) in [5.41, 5.74) is 3.61. The number of aryl methyl sites for hydroxylation is 1. The Bertz CT molecular complexity index is 825. The molecule has 0 N–H and O–H groups in total. The number of rotatable bonds is 6. The average molecular weight is 397 g/mol. The molecular weight excluding hydrogens is 364 g/mol. The fraction of sp³-hybridized carbons (Fsp3) is 0.636. The molecule has 0 aromatic carbocycles. The van der Waals surface area contributed by atoms with Gasteiger partial charge in [-0.15, -0.1) is 0 Å². The maximum Gasteiger partial charge on any atom is 0.148 e. The van der Waals surface area contributed by atoms with Crippen LogP contribution in [-0.4, -0.2) is 58.7 Å². The van der Waals surface area contributed by atoms with Crippen molar-refractivity contribution in [3.05, 3.63) is 40.9 Å². The van der Waals surface area contributed by atoms with Gasteiger partial charge >= 0.3 is 0 Å². The molecule has 2 aliphatic rings. The summed E-state index contributed by atoms with van der Waals surface area (Å²) in [6, 6.07) is 0.260. The largest absolute Gasteiger partial charge is 0.384 e. The van der Waals surface area contributed by atoms with Crippen LogP contribution in [0.15, 0.2) is 12.4 Å². The molecule has 1 atom stereocenters. The Hall–Kier alpha value is -2.12. The second kappa shape index (κ2) is 9.13. The van der Waals surface area contributed by atoms with Gasteiger partial charge in [0.1, 0.15) is 17.5 Å². The number of fused-ring (bicyclic) bond motifs is 1. The lowest BCUT2D eigenvalue weighted by atomic mass is 9.99. The second-order valence-corrected chi connectivity index (χ2v) is 8.23. The zero-order valence-electron chi connectivity index (χ0n) is 17.9. The molecule has 7 nitrogen and oxygen atoms in total. The Morgan fingerprint density at radius 1 is 1.10 bits per heavy atom. The summed E-state index contributed by atoms with van der Waals surface area (Å²) < 4.78 is 5.11. The minimum atomic E-state index is 0.260. The zero-order valence-corrected chi connectivity index (χ0v) is 17.9. The molecule has 1 fully saturated rings. The van der Waals surface area contributed by atoms with Crippen molar-refractivity contribution in [3.8, 4) is 0 Å². The molecule has 0 amide bonds. The Balaban J connectivity index is 1.53. The molecule has 1 unspecified atom stereocenters. The maximum absolute atomic E-state index is 5.11. The first-order valence-corrected chi connectivity index (χ1v) is 10.8. The standard InChI is InChI=1S/C22H32N6O/c1-16-18-7-6-10-27(2)22(18)26-21(25-16)19-8-4-5-11-28(19)15-17-13-23-20(24-14-17)9-12-29-3/h13-14,19H,4-12,15H2,1-3H3. The first-order chi connectivity index (χ1) is 14.2. The second-order valence-electron chi connectivity index (χ2n) is 8.23. The summed E-state index contributed by atoms with van der Waals surface area (Å²) in [7, 11) is 3.85. The van der Waals surface area contributed by atoms with Gasteiger partial charge in [-0.1, -0.05) is 6.42 Å². The third-order valence-corrected chi connectivity index (χ3v) is 6.08. The molecule has 0 radical (unpaired) electrons. The van der Waals surface area contributed by atoms with Crippen LogP contribution in [-0.2, 0) is 24.1 Å². The summed E-state index contributed by atoms with van der Waals surface area (Å²) in [5, 5.41) is 0. The SMILES string of the molecule is COCCc1ncc(CN2CCCCC2c2nc(C)c3c(n2)N(C)CCC3)cn1. The Kier molecular flexibility index (Phi) is 6.35. The summed E-state index contributed by atoms with van der Waals surface area (Å²) in [6.45, 7) is 5.76. The lowest BCUT2D eigenvalue weighted by Crippen LogP contribution is -2.35. The summed E-state index contributed by atoms with van der Waals surface area (Å²) in [6.07, 6.45) is 10.5. The van der Waals surface area contributed by atoms with Crippen molar-refractivity contribution in [2.24, 2.45) is 0 Å². The van der Waals surface area contributed by atoms with E-state index < -0.39 is 0 Å². The minimum absolute atomic E-state index is 0.260. The number of likely N-dealkylation sites (tertiary alicyclic amines) is 1. The predicted molar refractivity (Wildman–Crippen MR) is 113 cm³/mol. The van der Waals surface area contributed by atoms with Crippen molar-refractivity contribution in [3.63, 3.8) is 0 Å². The lowest BCUT2D eigenvalue weighted by molar-refractivity contribution is 0.133. The molecule has 2 aromatic rings. The number of ether oxygens (including phenoxy) is 1. The quantitative estimate of drug-likeness (QED) is 0.744. The average Bonchev–Trinajstić information content (AvgIpc) is 2.74. The first-order valence-electron chi connectivity index (χ1n) is 10.8. The fourth-order valence-corrected chi connectivity index (χ4v) is 4.45. The highest BCUT2D eigenvalue weighted by Gasteiger charge is 2.29. The van der Waals surface area contributed by atoms with Gasteiger partial charge in [-0.3, -0.25) is 4.90 Å². The van der Waals surface area contributed by atoms with Crippen molar-refractivity contribution in [2.75, 3.05) is 38.8 Å². The van der Waals surface area contributed by atoms with Gasteiger partial charge in [0.15, 0.2) is 0 Å². The van der Waals surface area contributed by atoms with Gasteiger partial charge in [0.25, 0.3) is 0 Å². The monoisotopic (exact) mass is 396 g/mol. The number of anilines is 1. The van der Waals surface area contributed by atoms with E-state index in [9.17, 15) is 0 Å². The van der Waals surface area contributed by atoms with Crippen LogP contribution < -0.4 is 4.90 Å². The fourth-order valence-electron chi connectivity index (χ4n) is 4.45. The normalized spacial score (nSPS) is 20.0. The van der Waals surface area contributed by atoms with Crippen molar-refractivity contribution in [1.82, 2.24) is 24.8 Å². The smallest absolute Gasteiger partial charge is 0.148 e. The van der Waals surface area contributed by atoms with E-state index in [2.05, 4.69) is 33.7 Å². The number of aromatic nitrogens is 4. The van der Waals surface area contributed by atoms with Crippen LogP contribution in [0.25, 0.3) is 0 Å².